The lowest BCUT2D eigenvalue weighted by Crippen LogP contribution is -2.58. The highest BCUT2D eigenvalue weighted by Crippen LogP contribution is 2.65. The Morgan fingerprint density at radius 3 is 2.25 bits per heavy atom. The fourth-order valence-electron chi connectivity index (χ4n) is 10.1. The molecular formula is C47H44N4O8. The largest absolute Gasteiger partial charge is 0.491 e. The van der Waals surface area contributed by atoms with Crippen molar-refractivity contribution in [3.05, 3.63) is 155 Å². The Hall–Kier alpha value is -6.21. The smallest absolute Gasteiger partial charge is 0.324 e. The van der Waals surface area contributed by atoms with E-state index in [9.17, 15) is 5.11 Å². The number of morpholine rings is 1. The summed E-state index contributed by atoms with van der Waals surface area (Å²) in [4.78, 5) is 52.3. The van der Waals surface area contributed by atoms with Crippen molar-refractivity contribution in [2.45, 2.75) is 36.2 Å². The van der Waals surface area contributed by atoms with Gasteiger partial charge >= 0.3 is 5.97 Å². The summed E-state index contributed by atoms with van der Waals surface area (Å²) in [6.07, 6.45) is -0.760. The monoisotopic (exact) mass is 792 g/mol. The van der Waals surface area contributed by atoms with Crippen LogP contribution in [0.5, 0.6) is 17.2 Å². The molecule has 2 amide bonds. The van der Waals surface area contributed by atoms with Gasteiger partial charge in [-0.25, -0.2) is 0 Å². The number of aliphatic hydroxyl groups is 1. The van der Waals surface area contributed by atoms with Gasteiger partial charge in [0.1, 0.15) is 29.9 Å². The van der Waals surface area contributed by atoms with Gasteiger partial charge in [0.15, 0.2) is 11.5 Å². The molecule has 12 nitrogen and oxygen atoms in total. The molecule has 5 aliphatic heterocycles. The van der Waals surface area contributed by atoms with Crippen LogP contribution in [0.15, 0.2) is 127 Å². The van der Waals surface area contributed by atoms with Gasteiger partial charge in [-0.05, 0) is 58.1 Å². The predicted octanol–water partition coefficient (Wildman–Crippen LogP) is 5.40. The summed E-state index contributed by atoms with van der Waals surface area (Å²) in [5, 5.41) is 12.8. The topological polar surface area (TPSA) is 130 Å². The number of ether oxygens (including phenoxy) is 4. The highest BCUT2D eigenvalue weighted by Gasteiger charge is 2.74. The molecule has 0 aromatic heterocycles. The van der Waals surface area contributed by atoms with Gasteiger partial charge in [-0.3, -0.25) is 24.2 Å². The summed E-state index contributed by atoms with van der Waals surface area (Å²) in [6, 6.07) is 37.9. The molecule has 0 bridgehead atoms. The molecule has 0 unspecified atom stereocenters. The number of fused-ring (bicyclic) bond motifs is 4. The Balaban J connectivity index is 1.11. The molecule has 5 aliphatic rings. The van der Waals surface area contributed by atoms with Crippen molar-refractivity contribution < 1.29 is 38.4 Å². The molecule has 0 saturated carbocycles. The SMILES string of the molecule is O=C1O[C@H](c2ccccc2)[C@H](c2ccccc2)N2[C@H]1[C@@H](C(=O)N1CCN(Cc3ccc4c(c3)OCO4)CC1)[C@]1(C(=O)Nc3ccccc31)[C@H]2c1cccc(OCCO)c1. The zero-order chi connectivity index (χ0) is 40.1. The summed E-state index contributed by atoms with van der Waals surface area (Å²) in [6.45, 7) is 2.78. The maximum atomic E-state index is 15.7. The summed E-state index contributed by atoms with van der Waals surface area (Å²) < 4.78 is 23.6. The first kappa shape index (κ1) is 37.1. The fourth-order valence-corrected chi connectivity index (χ4v) is 10.1. The van der Waals surface area contributed by atoms with Crippen molar-refractivity contribution in [3.8, 4) is 17.2 Å². The van der Waals surface area contributed by atoms with Gasteiger partial charge in [0, 0.05) is 38.4 Å². The second-order valence-corrected chi connectivity index (χ2v) is 15.7. The van der Waals surface area contributed by atoms with Gasteiger partial charge < -0.3 is 34.3 Å². The Bertz CT molecular complexity index is 2390. The van der Waals surface area contributed by atoms with Crippen LogP contribution in [0.4, 0.5) is 5.69 Å². The van der Waals surface area contributed by atoms with Crippen molar-refractivity contribution in [2.75, 3.05) is 51.5 Å². The number of para-hydroxylation sites is 1. The van der Waals surface area contributed by atoms with Crippen molar-refractivity contribution in [3.63, 3.8) is 0 Å². The molecule has 1 spiro atoms. The van der Waals surface area contributed by atoms with Crippen molar-refractivity contribution >= 4 is 23.5 Å². The van der Waals surface area contributed by atoms with Crippen LogP contribution in [0.3, 0.4) is 0 Å². The first-order valence-corrected chi connectivity index (χ1v) is 20.2. The van der Waals surface area contributed by atoms with E-state index in [4.69, 9.17) is 18.9 Å². The molecule has 300 valence electrons. The number of hydrogen-bond acceptors (Lipinski definition) is 10. The van der Waals surface area contributed by atoms with Gasteiger partial charge in [-0.15, -0.1) is 0 Å². The van der Waals surface area contributed by atoms with Gasteiger partial charge in [0.2, 0.25) is 18.6 Å². The molecule has 0 aliphatic carbocycles. The van der Waals surface area contributed by atoms with Gasteiger partial charge in [-0.2, -0.15) is 0 Å². The molecule has 3 fully saturated rings. The fraction of sp³-hybridized carbons (Fsp3) is 0.298. The normalized spacial score (nSPS) is 26.0. The van der Waals surface area contributed by atoms with Crippen LogP contribution in [-0.2, 0) is 31.1 Å². The third-order valence-electron chi connectivity index (χ3n) is 12.5. The summed E-state index contributed by atoms with van der Waals surface area (Å²) in [5.41, 5.74) is 3.15. The van der Waals surface area contributed by atoms with E-state index >= 15 is 14.4 Å². The third kappa shape index (κ3) is 6.21. The van der Waals surface area contributed by atoms with E-state index in [1.165, 1.54) is 0 Å². The average Bonchev–Trinajstić information content (AvgIpc) is 3.96. The molecule has 3 saturated heterocycles. The molecule has 10 rings (SSSR count). The van der Waals surface area contributed by atoms with Crippen LogP contribution < -0.4 is 19.5 Å². The predicted molar refractivity (Wildman–Crippen MR) is 217 cm³/mol. The van der Waals surface area contributed by atoms with Gasteiger partial charge in [0.25, 0.3) is 0 Å². The van der Waals surface area contributed by atoms with E-state index in [-0.39, 0.29) is 31.8 Å². The maximum Gasteiger partial charge on any atom is 0.324 e. The molecule has 59 heavy (non-hydrogen) atoms. The lowest BCUT2D eigenvalue weighted by molar-refractivity contribution is -0.179. The number of amides is 2. The third-order valence-corrected chi connectivity index (χ3v) is 12.5. The molecule has 0 radical (unpaired) electrons. The minimum atomic E-state index is -1.56. The minimum Gasteiger partial charge on any atom is -0.491 e. The second-order valence-electron chi connectivity index (χ2n) is 15.7. The van der Waals surface area contributed by atoms with Crippen LogP contribution in [0.1, 0.15) is 46.0 Å². The zero-order valence-corrected chi connectivity index (χ0v) is 32.3. The number of benzene rings is 5. The number of carbonyl (C=O) groups excluding carboxylic acids is 3. The molecule has 5 heterocycles. The van der Waals surface area contributed by atoms with Crippen LogP contribution in [0, 0.1) is 5.92 Å². The van der Waals surface area contributed by atoms with Crippen LogP contribution in [0.2, 0.25) is 0 Å². The number of carbonyl (C=O) groups is 3. The van der Waals surface area contributed by atoms with Gasteiger partial charge in [-0.1, -0.05) is 97.1 Å². The van der Waals surface area contributed by atoms with Crippen molar-refractivity contribution in [1.29, 1.82) is 0 Å². The maximum absolute atomic E-state index is 15.7. The molecule has 5 aromatic rings. The van der Waals surface area contributed by atoms with E-state index < -0.39 is 41.5 Å². The number of hydrogen-bond donors (Lipinski definition) is 2. The summed E-state index contributed by atoms with van der Waals surface area (Å²) in [7, 11) is 0. The number of piperazine rings is 1. The average molecular weight is 793 g/mol. The summed E-state index contributed by atoms with van der Waals surface area (Å²) >= 11 is 0. The van der Waals surface area contributed by atoms with E-state index in [2.05, 4.69) is 15.1 Å². The van der Waals surface area contributed by atoms with Crippen LogP contribution >= 0.6 is 0 Å². The minimum absolute atomic E-state index is 0.0751. The number of nitrogens with zero attached hydrogens (tertiary/aromatic N) is 3. The van der Waals surface area contributed by atoms with Crippen LogP contribution in [-0.4, -0.2) is 89.8 Å². The number of nitrogens with one attached hydrogen (secondary N) is 1. The Labute approximate surface area is 341 Å². The number of rotatable bonds is 9. The first-order valence-electron chi connectivity index (χ1n) is 20.2. The van der Waals surface area contributed by atoms with E-state index in [1.807, 2.05) is 126 Å². The number of esters is 1. The highest BCUT2D eigenvalue weighted by atomic mass is 16.7. The molecule has 5 aromatic carbocycles. The number of cyclic esters (lactones) is 1. The quantitative estimate of drug-likeness (QED) is 0.187. The van der Waals surface area contributed by atoms with E-state index in [0.717, 1.165) is 28.2 Å². The van der Waals surface area contributed by atoms with Gasteiger partial charge in [0.05, 0.1) is 24.6 Å². The Morgan fingerprint density at radius 2 is 1.47 bits per heavy atom. The Kier molecular flexibility index (Phi) is 9.55. The molecule has 6 atom stereocenters. The first-order chi connectivity index (χ1) is 28.9. The number of aliphatic hydroxyl groups excluding tert-OH is 1. The summed E-state index contributed by atoms with van der Waals surface area (Å²) in [5.74, 6) is -0.382. The molecular weight excluding hydrogens is 749 g/mol. The lowest BCUT2D eigenvalue weighted by Gasteiger charge is -2.46. The van der Waals surface area contributed by atoms with Crippen molar-refractivity contribution in [1.82, 2.24) is 14.7 Å². The Morgan fingerprint density at radius 1 is 0.763 bits per heavy atom. The number of anilines is 1. The van der Waals surface area contributed by atoms with E-state index in [1.54, 1.807) is 6.07 Å². The lowest BCUT2D eigenvalue weighted by atomic mass is 9.65. The van der Waals surface area contributed by atoms with Crippen LogP contribution in [0.25, 0.3) is 0 Å². The molecule has 12 heteroatoms. The van der Waals surface area contributed by atoms with Crippen molar-refractivity contribution in [2.24, 2.45) is 5.92 Å². The van der Waals surface area contributed by atoms with E-state index in [0.29, 0.717) is 55.3 Å². The zero-order valence-electron chi connectivity index (χ0n) is 32.3. The standard InChI is InChI=1S/C47H44N4O8/c52-24-25-56-34-15-9-14-33(27-34)43-47(35-16-7-8-17-36(35)48-46(47)55)39(44(53)50-22-20-49(21-23-50)28-30-18-19-37-38(26-30)58-29-57-37)41-45(54)59-42(32-12-5-2-6-13-32)40(51(41)43)31-10-3-1-4-11-31/h1-19,26-27,39-43,52H,20-25,28-29H2,(H,48,55)/t39-,40-,41-,42+,43+,47-/m0/s1. The molecule has 2 N–H and O–H groups in total. The highest BCUT2D eigenvalue weighted by molar-refractivity contribution is 6.12. The second kappa shape index (κ2) is 15.2.